The third-order valence-electron chi connectivity index (χ3n) is 2.05. The van der Waals surface area contributed by atoms with Crippen LogP contribution in [-0.2, 0) is 17.5 Å². The lowest BCUT2D eigenvalue weighted by atomic mass is 10.1. The van der Waals surface area contributed by atoms with Gasteiger partial charge in [-0.15, -0.1) is 0 Å². The van der Waals surface area contributed by atoms with Gasteiger partial charge in [0.2, 0.25) is 0 Å². The van der Waals surface area contributed by atoms with E-state index in [0.717, 1.165) is 6.07 Å². The first-order chi connectivity index (χ1) is 7.70. The van der Waals surface area contributed by atoms with E-state index in [1.54, 1.807) is 19.9 Å². The van der Waals surface area contributed by atoms with Crippen molar-refractivity contribution in [3.63, 3.8) is 0 Å². The van der Waals surface area contributed by atoms with Crippen LogP contribution in [0.25, 0.3) is 0 Å². The first kappa shape index (κ1) is 14.0. The Morgan fingerprint density at radius 3 is 2.29 bits per heavy atom. The Morgan fingerprint density at radius 2 is 1.76 bits per heavy atom. The quantitative estimate of drug-likeness (QED) is 0.887. The van der Waals surface area contributed by atoms with E-state index in [1.807, 2.05) is 0 Å². The Kier molecular flexibility index (Phi) is 4.16. The molecule has 1 aromatic rings. The standard InChI is InChI=1S/C12H16F3NO/c1-11(2,16)8-17-7-9-5-3-4-6-10(9)12(13,14)15/h3-6H,7-8,16H2,1-2H3. The lowest BCUT2D eigenvalue weighted by Crippen LogP contribution is -2.37. The maximum absolute atomic E-state index is 12.6. The second kappa shape index (κ2) is 5.06. The van der Waals surface area contributed by atoms with E-state index in [1.165, 1.54) is 12.1 Å². The van der Waals surface area contributed by atoms with E-state index < -0.39 is 17.3 Å². The number of alkyl halides is 3. The zero-order valence-corrected chi connectivity index (χ0v) is 9.84. The van der Waals surface area contributed by atoms with Gasteiger partial charge in [-0.05, 0) is 25.5 Å². The van der Waals surface area contributed by atoms with Crippen LogP contribution in [0.2, 0.25) is 0 Å². The zero-order valence-electron chi connectivity index (χ0n) is 9.84. The van der Waals surface area contributed by atoms with Crippen molar-refractivity contribution in [3.05, 3.63) is 35.4 Å². The summed E-state index contributed by atoms with van der Waals surface area (Å²) in [4.78, 5) is 0. The fraction of sp³-hybridized carbons (Fsp3) is 0.500. The van der Waals surface area contributed by atoms with Gasteiger partial charge in [0.15, 0.2) is 0 Å². The number of hydrogen-bond acceptors (Lipinski definition) is 2. The van der Waals surface area contributed by atoms with Crippen LogP contribution in [0.1, 0.15) is 25.0 Å². The Labute approximate surface area is 98.6 Å². The van der Waals surface area contributed by atoms with Crippen molar-refractivity contribution in [3.8, 4) is 0 Å². The molecule has 0 aliphatic carbocycles. The summed E-state index contributed by atoms with van der Waals surface area (Å²) in [6, 6.07) is 5.37. The molecule has 0 fully saturated rings. The molecule has 1 rings (SSSR count). The van der Waals surface area contributed by atoms with Gasteiger partial charge in [-0.3, -0.25) is 0 Å². The molecule has 0 aliphatic heterocycles. The lowest BCUT2D eigenvalue weighted by molar-refractivity contribution is -0.138. The summed E-state index contributed by atoms with van der Waals surface area (Å²) in [5, 5.41) is 0. The summed E-state index contributed by atoms with van der Waals surface area (Å²) >= 11 is 0. The average Bonchev–Trinajstić information content (AvgIpc) is 2.15. The van der Waals surface area contributed by atoms with Crippen LogP contribution >= 0.6 is 0 Å². The van der Waals surface area contributed by atoms with Crippen LogP contribution in [0.5, 0.6) is 0 Å². The number of ether oxygens (including phenoxy) is 1. The predicted octanol–water partition coefficient (Wildman–Crippen LogP) is 2.96. The molecule has 0 bridgehead atoms. The lowest BCUT2D eigenvalue weighted by Gasteiger charge is -2.19. The minimum Gasteiger partial charge on any atom is -0.375 e. The molecule has 17 heavy (non-hydrogen) atoms. The van der Waals surface area contributed by atoms with Crippen LogP contribution in [0, 0.1) is 0 Å². The van der Waals surface area contributed by atoms with Crippen LogP contribution in [0.15, 0.2) is 24.3 Å². The molecule has 0 spiro atoms. The zero-order chi connectivity index (χ0) is 13.1. The number of hydrogen-bond donors (Lipinski definition) is 1. The molecular formula is C12H16F3NO. The van der Waals surface area contributed by atoms with Crippen molar-refractivity contribution in [1.29, 1.82) is 0 Å². The highest BCUT2D eigenvalue weighted by atomic mass is 19.4. The number of nitrogens with two attached hydrogens (primary N) is 1. The Balaban J connectivity index is 2.72. The Hall–Kier alpha value is -1.07. The molecule has 0 amide bonds. The molecule has 2 N–H and O–H groups in total. The van der Waals surface area contributed by atoms with Gasteiger partial charge in [-0.1, -0.05) is 18.2 Å². The highest BCUT2D eigenvalue weighted by Crippen LogP contribution is 2.32. The predicted molar refractivity (Wildman–Crippen MR) is 59.4 cm³/mol. The number of rotatable bonds is 4. The van der Waals surface area contributed by atoms with E-state index >= 15 is 0 Å². The van der Waals surface area contributed by atoms with Gasteiger partial charge in [0.1, 0.15) is 0 Å². The SMILES string of the molecule is CC(C)(N)COCc1ccccc1C(F)(F)F. The molecule has 1 aromatic carbocycles. The van der Waals surface area contributed by atoms with E-state index in [-0.39, 0.29) is 18.8 Å². The smallest absolute Gasteiger partial charge is 0.375 e. The molecule has 0 unspecified atom stereocenters. The van der Waals surface area contributed by atoms with E-state index in [2.05, 4.69) is 0 Å². The molecular weight excluding hydrogens is 231 g/mol. The van der Waals surface area contributed by atoms with Crippen molar-refractivity contribution in [2.45, 2.75) is 32.2 Å². The maximum Gasteiger partial charge on any atom is 0.416 e. The number of halogens is 3. The molecule has 0 heterocycles. The minimum absolute atomic E-state index is 0.0870. The largest absolute Gasteiger partial charge is 0.416 e. The second-order valence-corrected chi connectivity index (χ2v) is 4.64. The van der Waals surface area contributed by atoms with E-state index in [9.17, 15) is 13.2 Å². The van der Waals surface area contributed by atoms with Crippen molar-refractivity contribution in [2.24, 2.45) is 5.73 Å². The van der Waals surface area contributed by atoms with Crippen LogP contribution in [0.3, 0.4) is 0 Å². The summed E-state index contributed by atoms with van der Waals surface area (Å²) < 4.78 is 43.1. The van der Waals surface area contributed by atoms with Crippen molar-refractivity contribution in [2.75, 3.05) is 6.61 Å². The van der Waals surface area contributed by atoms with Crippen LogP contribution < -0.4 is 5.73 Å². The van der Waals surface area contributed by atoms with E-state index in [0.29, 0.717) is 0 Å². The first-order valence-corrected chi connectivity index (χ1v) is 5.22. The Bertz CT molecular complexity index is 369. The third kappa shape index (κ3) is 4.75. The topological polar surface area (TPSA) is 35.2 Å². The molecule has 0 aliphatic rings. The highest BCUT2D eigenvalue weighted by molar-refractivity contribution is 5.28. The van der Waals surface area contributed by atoms with Crippen LogP contribution in [-0.4, -0.2) is 12.1 Å². The summed E-state index contributed by atoms with van der Waals surface area (Å²) in [5.74, 6) is 0. The second-order valence-electron chi connectivity index (χ2n) is 4.64. The average molecular weight is 247 g/mol. The summed E-state index contributed by atoms with van der Waals surface area (Å²) in [6.07, 6.45) is -4.35. The molecule has 96 valence electrons. The Morgan fingerprint density at radius 1 is 1.18 bits per heavy atom. The van der Waals surface area contributed by atoms with Gasteiger partial charge in [-0.25, -0.2) is 0 Å². The summed E-state index contributed by atoms with van der Waals surface area (Å²) in [7, 11) is 0. The normalized spacial score (nSPS) is 12.8. The monoisotopic (exact) mass is 247 g/mol. The van der Waals surface area contributed by atoms with Crippen molar-refractivity contribution >= 4 is 0 Å². The molecule has 5 heteroatoms. The van der Waals surface area contributed by atoms with Gasteiger partial charge in [0, 0.05) is 5.54 Å². The van der Waals surface area contributed by atoms with Crippen molar-refractivity contribution < 1.29 is 17.9 Å². The molecule has 0 atom stereocenters. The molecule has 0 saturated carbocycles. The van der Waals surface area contributed by atoms with Gasteiger partial charge >= 0.3 is 6.18 Å². The third-order valence-corrected chi connectivity index (χ3v) is 2.05. The molecule has 0 aromatic heterocycles. The summed E-state index contributed by atoms with van der Waals surface area (Å²) in [6.45, 7) is 3.63. The maximum atomic E-state index is 12.6. The minimum atomic E-state index is -4.35. The molecule has 0 saturated heterocycles. The fourth-order valence-corrected chi connectivity index (χ4v) is 1.35. The van der Waals surface area contributed by atoms with Crippen LogP contribution in [0.4, 0.5) is 13.2 Å². The molecule has 2 nitrogen and oxygen atoms in total. The van der Waals surface area contributed by atoms with E-state index in [4.69, 9.17) is 10.5 Å². The highest BCUT2D eigenvalue weighted by Gasteiger charge is 2.32. The number of benzene rings is 1. The fourth-order valence-electron chi connectivity index (χ4n) is 1.35. The first-order valence-electron chi connectivity index (χ1n) is 5.22. The van der Waals surface area contributed by atoms with Crippen molar-refractivity contribution in [1.82, 2.24) is 0 Å². The van der Waals surface area contributed by atoms with Gasteiger partial charge < -0.3 is 10.5 Å². The van der Waals surface area contributed by atoms with Gasteiger partial charge in [0.25, 0.3) is 0 Å². The molecule has 0 radical (unpaired) electrons. The summed E-state index contributed by atoms with van der Waals surface area (Å²) in [5.41, 5.74) is 4.60. The van der Waals surface area contributed by atoms with Gasteiger partial charge in [0.05, 0.1) is 18.8 Å². The van der Waals surface area contributed by atoms with Gasteiger partial charge in [-0.2, -0.15) is 13.2 Å².